The van der Waals surface area contributed by atoms with Crippen molar-refractivity contribution in [2.75, 3.05) is 6.61 Å². The second-order valence-corrected chi connectivity index (χ2v) is 4.59. The van der Waals surface area contributed by atoms with Crippen LogP contribution in [0.2, 0.25) is 0 Å². The number of carbonyl (C=O) groups excluding carboxylic acids is 1. The molecule has 2 heterocycles. The van der Waals surface area contributed by atoms with E-state index < -0.39 is 36.7 Å². The van der Waals surface area contributed by atoms with Crippen LogP contribution < -0.4 is 0 Å². The molecular weight excluding hydrogens is 252 g/mol. The summed E-state index contributed by atoms with van der Waals surface area (Å²) in [5.74, 6) is -0.589. The zero-order valence-corrected chi connectivity index (χ0v) is 10.0. The summed E-state index contributed by atoms with van der Waals surface area (Å²) >= 11 is 0. The topological polar surface area (TPSA) is 85.2 Å². The smallest absolute Gasteiger partial charge is 0.338 e. The molecule has 5 atom stereocenters. The van der Waals surface area contributed by atoms with Gasteiger partial charge in [-0.2, -0.15) is 0 Å². The van der Waals surface area contributed by atoms with Crippen LogP contribution in [0.15, 0.2) is 30.3 Å². The van der Waals surface area contributed by atoms with Crippen LogP contribution in [0.5, 0.6) is 0 Å². The van der Waals surface area contributed by atoms with E-state index in [4.69, 9.17) is 14.2 Å². The van der Waals surface area contributed by atoms with Crippen LogP contribution in [-0.2, 0) is 14.2 Å². The summed E-state index contributed by atoms with van der Waals surface area (Å²) in [5.41, 5.74) is 0.365. The molecule has 0 aliphatic carbocycles. The Morgan fingerprint density at radius 2 is 1.95 bits per heavy atom. The fraction of sp³-hybridized carbons (Fsp3) is 0.462. The molecule has 0 radical (unpaired) electrons. The number of ether oxygens (including phenoxy) is 3. The summed E-state index contributed by atoms with van der Waals surface area (Å²) in [6.45, 7) is 0.183. The third-order valence-electron chi connectivity index (χ3n) is 3.32. The van der Waals surface area contributed by atoms with Crippen molar-refractivity contribution in [3.8, 4) is 0 Å². The number of aliphatic hydroxyl groups excluding tert-OH is 2. The fourth-order valence-electron chi connectivity index (χ4n) is 2.26. The number of hydrogen-bond donors (Lipinski definition) is 2. The molecule has 2 aliphatic heterocycles. The lowest BCUT2D eigenvalue weighted by Gasteiger charge is -2.34. The Morgan fingerprint density at radius 1 is 1.21 bits per heavy atom. The highest BCUT2D eigenvalue weighted by Crippen LogP contribution is 2.30. The van der Waals surface area contributed by atoms with Crippen LogP contribution in [0.3, 0.4) is 0 Å². The molecule has 2 fully saturated rings. The van der Waals surface area contributed by atoms with Crippen molar-refractivity contribution in [3.63, 3.8) is 0 Å². The number of benzene rings is 1. The van der Waals surface area contributed by atoms with E-state index in [-0.39, 0.29) is 6.61 Å². The lowest BCUT2D eigenvalue weighted by Crippen LogP contribution is -2.55. The molecule has 6 nitrogen and oxygen atoms in total. The first kappa shape index (κ1) is 12.6. The van der Waals surface area contributed by atoms with E-state index >= 15 is 0 Å². The van der Waals surface area contributed by atoms with Crippen LogP contribution in [0.4, 0.5) is 0 Å². The summed E-state index contributed by atoms with van der Waals surface area (Å²) in [7, 11) is 0. The highest BCUT2D eigenvalue weighted by atomic mass is 16.8. The average Bonchev–Trinajstić information content (AvgIpc) is 2.89. The zero-order valence-electron chi connectivity index (χ0n) is 10.0. The summed E-state index contributed by atoms with van der Waals surface area (Å²) in [6.07, 6.45) is -4.74. The van der Waals surface area contributed by atoms with Crippen LogP contribution >= 0.6 is 0 Å². The Labute approximate surface area is 109 Å². The molecule has 19 heavy (non-hydrogen) atoms. The van der Waals surface area contributed by atoms with Gasteiger partial charge in [0.05, 0.1) is 12.2 Å². The number of esters is 1. The lowest BCUT2D eigenvalue weighted by molar-refractivity contribution is -0.228. The first-order valence-electron chi connectivity index (χ1n) is 6.06. The summed E-state index contributed by atoms with van der Waals surface area (Å²) < 4.78 is 15.8. The Bertz CT molecular complexity index is 461. The quantitative estimate of drug-likeness (QED) is 0.714. The van der Waals surface area contributed by atoms with Crippen molar-refractivity contribution >= 4 is 5.97 Å². The molecule has 2 aliphatic rings. The van der Waals surface area contributed by atoms with E-state index in [0.29, 0.717) is 5.56 Å². The minimum absolute atomic E-state index is 0.183. The maximum absolute atomic E-state index is 11.9. The largest absolute Gasteiger partial charge is 0.450 e. The predicted molar refractivity (Wildman–Crippen MR) is 62.3 cm³/mol. The van der Waals surface area contributed by atoms with E-state index in [0.717, 1.165) is 0 Å². The molecule has 0 saturated carbocycles. The van der Waals surface area contributed by atoms with Crippen LogP contribution in [0, 0.1) is 0 Å². The van der Waals surface area contributed by atoms with Gasteiger partial charge in [0.2, 0.25) is 0 Å². The SMILES string of the molecule is O=C(O[C@H]1C2OC[C@@H](O2)[C@H](O)[C@@H]1O)c1ccccc1. The normalized spacial score (nSPS) is 37.1. The maximum atomic E-state index is 11.9. The van der Waals surface area contributed by atoms with Crippen molar-refractivity contribution in [2.24, 2.45) is 0 Å². The molecule has 1 aromatic rings. The molecule has 0 aromatic heterocycles. The molecule has 1 aromatic carbocycles. The molecule has 2 bridgehead atoms. The first-order valence-corrected chi connectivity index (χ1v) is 6.06. The van der Waals surface area contributed by atoms with Gasteiger partial charge in [0, 0.05) is 0 Å². The molecule has 1 unspecified atom stereocenters. The van der Waals surface area contributed by atoms with Crippen molar-refractivity contribution < 1.29 is 29.2 Å². The van der Waals surface area contributed by atoms with Gasteiger partial charge in [0.25, 0.3) is 0 Å². The highest BCUT2D eigenvalue weighted by Gasteiger charge is 2.51. The van der Waals surface area contributed by atoms with Gasteiger partial charge in [-0.25, -0.2) is 4.79 Å². The second kappa shape index (κ2) is 4.90. The van der Waals surface area contributed by atoms with Crippen molar-refractivity contribution in [3.05, 3.63) is 35.9 Å². The predicted octanol–water partition coefficient (Wildman–Crippen LogP) is -0.311. The van der Waals surface area contributed by atoms with Gasteiger partial charge >= 0.3 is 5.97 Å². The van der Waals surface area contributed by atoms with Crippen LogP contribution in [-0.4, -0.2) is 53.5 Å². The van der Waals surface area contributed by atoms with Gasteiger partial charge in [0.1, 0.15) is 18.3 Å². The van der Waals surface area contributed by atoms with E-state index in [1.807, 2.05) is 0 Å². The average molecular weight is 266 g/mol. The van der Waals surface area contributed by atoms with E-state index in [2.05, 4.69) is 0 Å². The Morgan fingerprint density at radius 3 is 2.68 bits per heavy atom. The van der Waals surface area contributed by atoms with Crippen LogP contribution in [0.25, 0.3) is 0 Å². The Hall–Kier alpha value is -1.47. The summed E-state index contributed by atoms with van der Waals surface area (Å²) in [4.78, 5) is 11.9. The third-order valence-corrected chi connectivity index (χ3v) is 3.32. The minimum Gasteiger partial charge on any atom is -0.450 e. The summed E-state index contributed by atoms with van der Waals surface area (Å²) in [5, 5.41) is 19.7. The van der Waals surface area contributed by atoms with Gasteiger partial charge in [-0.15, -0.1) is 0 Å². The minimum atomic E-state index is -1.21. The van der Waals surface area contributed by atoms with Gasteiger partial charge in [0.15, 0.2) is 12.4 Å². The molecule has 3 rings (SSSR count). The van der Waals surface area contributed by atoms with Crippen molar-refractivity contribution in [1.29, 1.82) is 0 Å². The Balaban J connectivity index is 1.74. The third kappa shape index (κ3) is 2.23. The van der Waals surface area contributed by atoms with Gasteiger partial charge < -0.3 is 24.4 Å². The standard InChI is InChI=1S/C13H14O6/c14-9-8-6-17-13(18-8)11(10(9)15)19-12(16)7-4-2-1-3-5-7/h1-5,8-11,13-15H,6H2/t8-,9+,10+,11-,13?/m1/s1. The molecule has 2 N–H and O–H groups in total. The van der Waals surface area contributed by atoms with Crippen molar-refractivity contribution in [1.82, 2.24) is 0 Å². The highest BCUT2D eigenvalue weighted by molar-refractivity contribution is 5.89. The van der Waals surface area contributed by atoms with Crippen molar-refractivity contribution in [2.45, 2.75) is 30.7 Å². The molecule has 0 spiro atoms. The molecular formula is C13H14O6. The second-order valence-electron chi connectivity index (χ2n) is 4.59. The monoisotopic (exact) mass is 266 g/mol. The first-order chi connectivity index (χ1) is 9.16. The van der Waals surface area contributed by atoms with E-state index in [1.54, 1.807) is 30.3 Å². The van der Waals surface area contributed by atoms with Crippen LogP contribution in [0.1, 0.15) is 10.4 Å². The molecule has 2 saturated heterocycles. The number of hydrogen-bond acceptors (Lipinski definition) is 6. The molecule has 6 heteroatoms. The van der Waals surface area contributed by atoms with E-state index in [9.17, 15) is 15.0 Å². The maximum Gasteiger partial charge on any atom is 0.338 e. The number of aliphatic hydroxyl groups is 2. The zero-order chi connectivity index (χ0) is 13.4. The molecule has 102 valence electrons. The lowest BCUT2D eigenvalue weighted by atomic mass is 10.0. The van der Waals surface area contributed by atoms with Gasteiger partial charge in [-0.3, -0.25) is 0 Å². The number of carbonyl (C=O) groups is 1. The number of rotatable bonds is 2. The van der Waals surface area contributed by atoms with Gasteiger partial charge in [-0.1, -0.05) is 18.2 Å². The Kier molecular flexibility index (Phi) is 3.24. The molecule has 0 amide bonds. The fourth-order valence-corrected chi connectivity index (χ4v) is 2.26. The summed E-state index contributed by atoms with van der Waals surface area (Å²) in [6, 6.07) is 8.41. The number of fused-ring (bicyclic) bond motifs is 2. The van der Waals surface area contributed by atoms with E-state index in [1.165, 1.54) is 0 Å². The van der Waals surface area contributed by atoms with Gasteiger partial charge in [-0.05, 0) is 12.1 Å².